The maximum Gasteiger partial charge on any atom is 0.240 e. The van der Waals surface area contributed by atoms with Gasteiger partial charge in [0.25, 0.3) is 0 Å². The molecular weight excluding hydrogens is 284 g/mol. The minimum absolute atomic E-state index is 0.185. The summed E-state index contributed by atoms with van der Waals surface area (Å²) in [5, 5.41) is 2.34. The molecule has 0 saturated carbocycles. The number of fused-ring (bicyclic) bond motifs is 1. The molecule has 1 aliphatic rings. The quantitative estimate of drug-likeness (QED) is 0.836. The van der Waals surface area contributed by atoms with E-state index in [0.29, 0.717) is 17.0 Å². The summed E-state index contributed by atoms with van der Waals surface area (Å²) in [7, 11) is -1.38. The van der Waals surface area contributed by atoms with Crippen molar-refractivity contribution in [3.63, 3.8) is 0 Å². The van der Waals surface area contributed by atoms with Gasteiger partial charge in [0, 0.05) is 16.3 Å². The van der Waals surface area contributed by atoms with Crippen LogP contribution in [0, 0.1) is 0 Å². The predicted molar refractivity (Wildman–Crippen MR) is 84.4 cm³/mol. The number of amides is 1. The van der Waals surface area contributed by atoms with Crippen LogP contribution in [0.5, 0.6) is 0 Å². The number of rotatable bonds is 2. The number of para-hydroxylation sites is 1. The Morgan fingerprint density at radius 1 is 1.10 bits per heavy atom. The third-order valence-electron chi connectivity index (χ3n) is 3.61. The second-order valence-electron chi connectivity index (χ2n) is 5.04. The summed E-state index contributed by atoms with van der Waals surface area (Å²) in [6, 6.07) is 14.5. The van der Waals surface area contributed by atoms with Crippen molar-refractivity contribution in [3.8, 4) is 0 Å². The molecule has 0 aliphatic carbocycles. The highest BCUT2D eigenvalue weighted by Gasteiger charge is 2.29. The lowest BCUT2D eigenvalue weighted by Crippen LogP contribution is -2.30. The molecule has 0 bridgehead atoms. The highest BCUT2D eigenvalue weighted by molar-refractivity contribution is 7.86. The minimum atomic E-state index is -1.38. The zero-order valence-electron chi connectivity index (χ0n) is 11.4. The number of nitrogens with one attached hydrogen (secondary N) is 1. The molecule has 4 nitrogen and oxygen atoms in total. The van der Waals surface area contributed by atoms with E-state index >= 15 is 0 Å². The van der Waals surface area contributed by atoms with Gasteiger partial charge in [-0.3, -0.25) is 9.00 Å². The molecule has 108 valence electrons. The van der Waals surface area contributed by atoms with E-state index in [1.807, 2.05) is 24.3 Å². The van der Waals surface area contributed by atoms with Gasteiger partial charge >= 0.3 is 0 Å². The monoisotopic (exact) mass is 300 g/mol. The van der Waals surface area contributed by atoms with Crippen molar-refractivity contribution in [3.05, 3.63) is 54.1 Å². The van der Waals surface area contributed by atoms with Crippen molar-refractivity contribution in [1.82, 2.24) is 0 Å². The third kappa shape index (κ3) is 2.83. The molecule has 0 fully saturated rings. The smallest absolute Gasteiger partial charge is 0.240 e. The maximum atomic E-state index is 12.6. The van der Waals surface area contributed by atoms with E-state index in [4.69, 9.17) is 5.73 Å². The molecule has 2 unspecified atom stereocenters. The van der Waals surface area contributed by atoms with Gasteiger partial charge in [-0.15, -0.1) is 0 Å². The SMILES string of the molecule is Nc1ccc(S(=O)C2CCc3ccccc3NC2=O)cc1. The zero-order chi connectivity index (χ0) is 14.8. The number of hydrogen-bond donors (Lipinski definition) is 2. The minimum Gasteiger partial charge on any atom is -0.399 e. The summed E-state index contributed by atoms with van der Waals surface area (Å²) < 4.78 is 12.6. The number of carbonyl (C=O) groups is 1. The largest absolute Gasteiger partial charge is 0.399 e. The van der Waals surface area contributed by atoms with Gasteiger partial charge in [0.15, 0.2) is 0 Å². The van der Waals surface area contributed by atoms with E-state index in [1.165, 1.54) is 0 Å². The van der Waals surface area contributed by atoms with Gasteiger partial charge < -0.3 is 11.1 Å². The van der Waals surface area contributed by atoms with Crippen molar-refractivity contribution >= 4 is 28.1 Å². The molecule has 3 N–H and O–H groups in total. The lowest BCUT2D eigenvalue weighted by molar-refractivity contribution is -0.115. The highest BCUT2D eigenvalue weighted by atomic mass is 32.2. The average Bonchev–Trinajstić information content (AvgIpc) is 2.65. The zero-order valence-corrected chi connectivity index (χ0v) is 12.2. The molecule has 1 heterocycles. The van der Waals surface area contributed by atoms with Gasteiger partial charge in [-0.05, 0) is 48.7 Å². The fourth-order valence-corrected chi connectivity index (χ4v) is 3.78. The Balaban J connectivity index is 1.85. The van der Waals surface area contributed by atoms with Crippen LogP contribution in [0.15, 0.2) is 53.4 Å². The molecule has 1 aliphatic heterocycles. The Hall–Kier alpha value is -2.14. The lowest BCUT2D eigenvalue weighted by Gasteiger charge is -2.13. The van der Waals surface area contributed by atoms with Gasteiger partial charge in [-0.1, -0.05) is 18.2 Å². The summed E-state index contributed by atoms with van der Waals surface area (Å²) in [5.41, 5.74) is 8.16. The first-order chi connectivity index (χ1) is 10.1. The van der Waals surface area contributed by atoms with Crippen LogP contribution in [-0.2, 0) is 22.0 Å². The van der Waals surface area contributed by atoms with Crippen LogP contribution in [0.1, 0.15) is 12.0 Å². The first-order valence-corrected chi connectivity index (χ1v) is 8.01. The van der Waals surface area contributed by atoms with E-state index in [-0.39, 0.29) is 5.91 Å². The molecule has 1 amide bonds. The first-order valence-electron chi connectivity index (χ1n) is 6.80. The van der Waals surface area contributed by atoms with E-state index in [9.17, 15) is 9.00 Å². The van der Waals surface area contributed by atoms with Crippen LogP contribution in [0.4, 0.5) is 11.4 Å². The van der Waals surface area contributed by atoms with E-state index < -0.39 is 16.0 Å². The number of nitrogens with two attached hydrogens (primary N) is 1. The van der Waals surface area contributed by atoms with Gasteiger partial charge in [-0.2, -0.15) is 0 Å². The van der Waals surface area contributed by atoms with Gasteiger partial charge in [0.05, 0.1) is 10.8 Å². The normalized spacial score (nSPS) is 19.2. The van der Waals surface area contributed by atoms with Crippen LogP contribution in [0.25, 0.3) is 0 Å². The number of nitrogen functional groups attached to an aromatic ring is 1. The molecule has 0 saturated heterocycles. The molecular formula is C16H16N2O2S. The first kappa shape index (κ1) is 13.8. The Morgan fingerprint density at radius 2 is 1.81 bits per heavy atom. The molecule has 21 heavy (non-hydrogen) atoms. The van der Waals surface area contributed by atoms with Gasteiger partial charge in [0.2, 0.25) is 5.91 Å². The maximum absolute atomic E-state index is 12.6. The Bertz CT molecular complexity index is 698. The molecule has 5 heteroatoms. The van der Waals surface area contributed by atoms with Crippen LogP contribution in [0.2, 0.25) is 0 Å². The molecule has 0 aromatic heterocycles. The Kier molecular flexibility index (Phi) is 3.75. The summed E-state index contributed by atoms with van der Waals surface area (Å²) in [5.74, 6) is -0.185. The van der Waals surface area contributed by atoms with E-state index in [1.54, 1.807) is 24.3 Å². The Morgan fingerprint density at radius 3 is 2.57 bits per heavy atom. The fraction of sp³-hybridized carbons (Fsp3) is 0.188. The molecule has 0 spiro atoms. The van der Waals surface area contributed by atoms with Crippen molar-refractivity contribution < 1.29 is 9.00 Å². The summed E-state index contributed by atoms with van der Waals surface area (Å²) in [6.45, 7) is 0. The number of hydrogen-bond acceptors (Lipinski definition) is 3. The predicted octanol–water partition coefficient (Wildman–Crippen LogP) is 2.33. The van der Waals surface area contributed by atoms with E-state index in [2.05, 4.69) is 5.32 Å². The lowest BCUT2D eigenvalue weighted by atomic mass is 10.1. The highest BCUT2D eigenvalue weighted by Crippen LogP contribution is 2.25. The van der Waals surface area contributed by atoms with Crippen LogP contribution in [0.3, 0.4) is 0 Å². The molecule has 2 aromatic carbocycles. The molecule has 2 atom stereocenters. The number of benzene rings is 2. The summed E-state index contributed by atoms with van der Waals surface area (Å²) >= 11 is 0. The fourth-order valence-electron chi connectivity index (χ4n) is 2.46. The molecule has 0 radical (unpaired) electrons. The average molecular weight is 300 g/mol. The van der Waals surface area contributed by atoms with Crippen molar-refractivity contribution in [2.24, 2.45) is 0 Å². The second-order valence-corrected chi connectivity index (χ2v) is 6.68. The number of anilines is 2. The van der Waals surface area contributed by atoms with Crippen molar-refractivity contribution in [1.29, 1.82) is 0 Å². The summed E-state index contributed by atoms with van der Waals surface area (Å²) in [4.78, 5) is 13.0. The number of carbonyl (C=O) groups excluding carboxylic acids is 1. The second kappa shape index (κ2) is 5.69. The Labute approximate surface area is 125 Å². The van der Waals surface area contributed by atoms with Crippen LogP contribution >= 0.6 is 0 Å². The van der Waals surface area contributed by atoms with E-state index in [0.717, 1.165) is 17.7 Å². The van der Waals surface area contributed by atoms with Crippen molar-refractivity contribution in [2.75, 3.05) is 11.1 Å². The van der Waals surface area contributed by atoms with Crippen LogP contribution in [-0.4, -0.2) is 15.4 Å². The third-order valence-corrected chi connectivity index (χ3v) is 5.32. The molecule has 3 rings (SSSR count). The van der Waals surface area contributed by atoms with Crippen LogP contribution < -0.4 is 11.1 Å². The summed E-state index contributed by atoms with van der Waals surface area (Å²) in [6.07, 6.45) is 1.31. The van der Waals surface area contributed by atoms with Crippen molar-refractivity contribution in [2.45, 2.75) is 23.0 Å². The topological polar surface area (TPSA) is 72.2 Å². The number of aryl methyl sites for hydroxylation is 1. The van der Waals surface area contributed by atoms with Gasteiger partial charge in [-0.25, -0.2) is 0 Å². The molecule has 2 aromatic rings. The standard InChI is InChI=1S/C16H16N2O2S/c17-12-6-8-13(9-7-12)21(20)15-10-5-11-3-1-2-4-14(11)18-16(15)19/h1-4,6-9,15H,5,10,17H2,(H,18,19). The van der Waals surface area contributed by atoms with Gasteiger partial charge in [0.1, 0.15) is 5.25 Å².